The molecule has 3 aromatic rings. The van der Waals surface area contributed by atoms with Crippen LogP contribution in [-0.4, -0.2) is 101 Å². The number of hydrogen-bond acceptors (Lipinski definition) is 16. The smallest absolute Gasteiger partial charge is 0.481 e. The predicted octanol–water partition coefficient (Wildman–Crippen LogP) is -2.16. The number of hydrogen-bond donors (Lipinski definition) is 3. The Morgan fingerprint density at radius 1 is 0.851 bits per heavy atom. The molecule has 0 unspecified atom stereocenters. The van der Waals surface area contributed by atoms with Crippen LogP contribution in [0.1, 0.15) is 5.82 Å². The predicted molar refractivity (Wildman–Crippen MR) is 169 cm³/mol. The molecule has 3 N–H and O–H groups in total. The summed E-state index contributed by atoms with van der Waals surface area (Å²) >= 11 is 1.85. The quantitative estimate of drug-likeness (QED) is 0.145. The number of methoxy groups -OCH3 is 3. The minimum absolute atomic E-state index is 0. The van der Waals surface area contributed by atoms with Crippen molar-refractivity contribution in [3.05, 3.63) is 44.4 Å². The van der Waals surface area contributed by atoms with E-state index in [-0.39, 0.29) is 67.8 Å². The number of nitrogens with zero attached hydrogens (tertiary/aromatic N) is 7. The largest absolute Gasteiger partial charge is 1.00 e. The van der Waals surface area contributed by atoms with Crippen molar-refractivity contribution in [3.63, 3.8) is 0 Å². The SMILES string of the molecule is COc1cc(OC)nc(NC(=O)NS(=O)(=O)N(C)S(C)(=O)=O)n1.COc1nc(C)nc(NC(=O)[N-]S(=O)(=O)c2ccccc2I)n1.[Na+]. The van der Waals surface area contributed by atoms with Crippen LogP contribution in [0.2, 0.25) is 0 Å². The summed E-state index contributed by atoms with van der Waals surface area (Å²) in [6.07, 6.45) is 0.667. The topological polar surface area (TPSA) is 282 Å². The van der Waals surface area contributed by atoms with Gasteiger partial charge in [0, 0.05) is 10.6 Å². The van der Waals surface area contributed by atoms with Gasteiger partial charge >= 0.3 is 51.8 Å². The van der Waals surface area contributed by atoms with Gasteiger partial charge < -0.3 is 24.2 Å². The molecular weight excluding hydrogens is 814 g/mol. The number of carbonyl (C=O) groups is 2. The normalized spacial score (nSPS) is 11.1. The van der Waals surface area contributed by atoms with E-state index in [1.807, 2.05) is 27.9 Å². The van der Waals surface area contributed by atoms with Gasteiger partial charge in [-0.3, -0.25) is 10.1 Å². The molecule has 21 nitrogen and oxygen atoms in total. The maximum atomic E-state index is 12.1. The second-order valence-corrected chi connectivity index (χ2v) is 14.8. The second kappa shape index (κ2) is 17.8. The number of aryl methyl sites for hydroxylation is 1. The zero-order valence-electron chi connectivity index (χ0n) is 25.6. The number of carbonyl (C=O) groups excluding carboxylic acids is 2. The summed E-state index contributed by atoms with van der Waals surface area (Å²) in [6.45, 7) is 1.57. The molecule has 252 valence electrons. The molecule has 0 saturated carbocycles. The molecule has 47 heavy (non-hydrogen) atoms. The van der Waals surface area contributed by atoms with Crippen LogP contribution in [0.3, 0.4) is 0 Å². The third-order valence-corrected chi connectivity index (χ3v) is 10.9. The number of benzene rings is 1. The Bertz CT molecular complexity index is 1900. The van der Waals surface area contributed by atoms with Crippen molar-refractivity contribution in [2.45, 2.75) is 11.8 Å². The molecular formula is C21H26IN10NaO11S3. The van der Waals surface area contributed by atoms with Crippen LogP contribution in [-0.2, 0) is 30.3 Å². The molecule has 0 radical (unpaired) electrons. The molecule has 0 spiro atoms. The maximum absolute atomic E-state index is 12.1. The summed E-state index contributed by atoms with van der Waals surface area (Å²) in [5.41, 5.74) is 0. The first-order valence-electron chi connectivity index (χ1n) is 11.9. The van der Waals surface area contributed by atoms with Crippen LogP contribution in [0.25, 0.3) is 4.72 Å². The molecule has 0 fully saturated rings. The van der Waals surface area contributed by atoms with Crippen molar-refractivity contribution >= 4 is 76.8 Å². The van der Waals surface area contributed by atoms with Gasteiger partial charge in [-0.05, 0) is 41.6 Å². The third-order valence-electron chi connectivity index (χ3n) is 4.80. The van der Waals surface area contributed by atoms with Gasteiger partial charge in [0.2, 0.25) is 37.8 Å². The number of ether oxygens (including phenoxy) is 3. The van der Waals surface area contributed by atoms with E-state index in [0.29, 0.717) is 15.7 Å². The van der Waals surface area contributed by atoms with E-state index in [1.165, 1.54) is 38.2 Å². The van der Waals surface area contributed by atoms with Crippen molar-refractivity contribution in [1.29, 1.82) is 0 Å². The number of amides is 4. The second-order valence-electron chi connectivity index (χ2n) is 8.10. The van der Waals surface area contributed by atoms with Gasteiger partial charge in [0.25, 0.3) is 0 Å². The Hall–Kier alpha value is -3.21. The average molecular weight is 841 g/mol. The van der Waals surface area contributed by atoms with E-state index >= 15 is 0 Å². The monoisotopic (exact) mass is 840 g/mol. The Morgan fingerprint density at radius 2 is 1.40 bits per heavy atom. The molecule has 0 aliphatic heterocycles. The number of nitrogens with one attached hydrogen (secondary N) is 3. The van der Waals surface area contributed by atoms with E-state index in [1.54, 1.807) is 25.1 Å². The van der Waals surface area contributed by atoms with Gasteiger partial charge in [0.1, 0.15) is 5.82 Å². The van der Waals surface area contributed by atoms with Crippen molar-refractivity contribution in [2.24, 2.45) is 0 Å². The number of sulfonamides is 2. The fraction of sp³-hybridized carbons (Fsp3) is 0.286. The van der Waals surface area contributed by atoms with Crippen molar-refractivity contribution in [1.82, 2.24) is 33.4 Å². The number of rotatable bonds is 10. The summed E-state index contributed by atoms with van der Waals surface area (Å²) in [6, 6.07) is 5.13. The van der Waals surface area contributed by atoms with Crippen LogP contribution in [0, 0.1) is 10.5 Å². The summed E-state index contributed by atoms with van der Waals surface area (Å²) < 4.78 is 89.8. The minimum Gasteiger partial charge on any atom is -0.481 e. The summed E-state index contributed by atoms with van der Waals surface area (Å²) in [7, 11) is -8.04. The van der Waals surface area contributed by atoms with Crippen molar-refractivity contribution in [2.75, 3.05) is 45.3 Å². The standard InChI is InChI=1S/C12H12IN5O4S.C9H15N5O7S2.Na/c1-7-14-10(17-12(15-7)22-2)16-11(19)18-23(20,21)9-6-4-3-5-8(9)13;1-14(22(4,16)17)23(18,19)13-9(15)12-8-10-6(20-2)5-7(11-8)21-3;/h3-6H,1-2H3,(H2,14,15,16,17,18,19);5H,1-4H3,(H2,10,11,12,13,15);/q;;+1/p-1. The Balaban J connectivity index is 0.000000460. The van der Waals surface area contributed by atoms with Crippen LogP contribution >= 0.6 is 22.6 Å². The van der Waals surface area contributed by atoms with E-state index in [4.69, 9.17) is 14.2 Å². The number of aromatic nitrogens is 5. The average Bonchev–Trinajstić information content (AvgIpc) is 2.95. The third kappa shape index (κ3) is 13.1. The Morgan fingerprint density at radius 3 is 1.91 bits per heavy atom. The molecule has 4 amide bonds. The summed E-state index contributed by atoms with van der Waals surface area (Å²) in [4.78, 5) is 42.4. The zero-order chi connectivity index (χ0) is 34.9. The molecule has 0 bridgehead atoms. The maximum Gasteiger partial charge on any atom is 1.00 e. The molecule has 3 rings (SSSR count). The van der Waals surface area contributed by atoms with E-state index < -0.39 is 42.3 Å². The number of halogens is 1. The van der Waals surface area contributed by atoms with Crippen LogP contribution in [0.5, 0.6) is 17.8 Å². The van der Waals surface area contributed by atoms with E-state index in [0.717, 1.165) is 7.05 Å². The fourth-order valence-electron chi connectivity index (χ4n) is 2.69. The first kappa shape index (κ1) is 41.8. The van der Waals surface area contributed by atoms with E-state index in [2.05, 4.69) is 35.0 Å². The molecule has 1 aromatic carbocycles. The van der Waals surface area contributed by atoms with Crippen LogP contribution < -0.4 is 59.1 Å². The molecule has 26 heteroatoms. The molecule has 0 saturated heterocycles. The number of anilines is 2. The first-order valence-corrected chi connectivity index (χ1v) is 17.7. The molecule has 2 aromatic heterocycles. The fourth-order valence-corrected chi connectivity index (χ4v) is 6.79. The number of urea groups is 2. The van der Waals surface area contributed by atoms with Gasteiger partial charge in [0.05, 0.1) is 38.5 Å². The Kier molecular flexibility index (Phi) is 15.8. The van der Waals surface area contributed by atoms with Gasteiger partial charge in [-0.15, -0.1) is 0 Å². The minimum atomic E-state index is -4.60. The van der Waals surface area contributed by atoms with Gasteiger partial charge in [-0.25, -0.2) is 31.3 Å². The van der Waals surface area contributed by atoms with Crippen LogP contribution in [0.15, 0.2) is 35.2 Å². The van der Waals surface area contributed by atoms with E-state index in [9.17, 15) is 34.8 Å². The molecule has 0 atom stereocenters. The van der Waals surface area contributed by atoms with Crippen molar-refractivity contribution < 1.29 is 78.6 Å². The zero-order valence-corrected chi connectivity index (χ0v) is 32.2. The molecule has 0 aliphatic carbocycles. The van der Waals surface area contributed by atoms with Gasteiger partial charge in [-0.1, -0.05) is 15.8 Å². The first-order chi connectivity index (χ1) is 21.3. The van der Waals surface area contributed by atoms with Crippen LogP contribution in [0.4, 0.5) is 21.5 Å². The molecule has 2 heterocycles. The Labute approximate surface area is 305 Å². The molecule has 0 aliphatic rings. The summed E-state index contributed by atoms with van der Waals surface area (Å²) in [5, 5.41) is 4.19. The van der Waals surface area contributed by atoms with Crippen molar-refractivity contribution in [3.8, 4) is 17.8 Å². The van der Waals surface area contributed by atoms with Gasteiger partial charge in [0.15, 0.2) is 12.0 Å². The summed E-state index contributed by atoms with van der Waals surface area (Å²) in [5.74, 6) is -0.0453. The van der Waals surface area contributed by atoms with Gasteiger partial charge in [-0.2, -0.15) is 28.4 Å².